The Hall–Kier alpha value is -2.87. The average Bonchev–Trinajstić information content (AvgIpc) is 2.68. The predicted octanol–water partition coefficient (Wildman–Crippen LogP) is 4.17. The first-order valence-corrected chi connectivity index (χ1v) is 9.70. The molecule has 30 heavy (non-hydrogen) atoms. The SMILES string of the molecule is Cc1cccc(OB2OB(Oc3cccc(C)c3)OB(Oc3cccc(C)c3)O2)c1. The van der Waals surface area contributed by atoms with Gasteiger partial charge in [0.1, 0.15) is 17.2 Å². The average molecular weight is 402 g/mol. The number of hydrogen-bond donors (Lipinski definition) is 0. The van der Waals surface area contributed by atoms with Crippen LogP contribution in [0.5, 0.6) is 17.2 Å². The highest BCUT2D eigenvalue weighted by Crippen LogP contribution is 2.22. The van der Waals surface area contributed by atoms with Gasteiger partial charge in [0.15, 0.2) is 0 Å². The van der Waals surface area contributed by atoms with E-state index >= 15 is 0 Å². The van der Waals surface area contributed by atoms with Crippen LogP contribution in [0.25, 0.3) is 0 Å². The maximum absolute atomic E-state index is 5.84. The molecule has 6 nitrogen and oxygen atoms in total. The van der Waals surface area contributed by atoms with E-state index < -0.39 is 22.0 Å². The van der Waals surface area contributed by atoms with Gasteiger partial charge in [0.25, 0.3) is 0 Å². The zero-order chi connectivity index (χ0) is 20.9. The first-order valence-electron chi connectivity index (χ1n) is 9.70. The van der Waals surface area contributed by atoms with Crippen molar-refractivity contribution in [2.24, 2.45) is 0 Å². The summed E-state index contributed by atoms with van der Waals surface area (Å²) in [7, 11) is -3.24. The van der Waals surface area contributed by atoms with E-state index in [1.807, 2.05) is 93.6 Å². The second kappa shape index (κ2) is 9.30. The number of hydrogen-bond acceptors (Lipinski definition) is 6. The van der Waals surface area contributed by atoms with E-state index in [-0.39, 0.29) is 0 Å². The maximum atomic E-state index is 5.84. The van der Waals surface area contributed by atoms with Gasteiger partial charge in [0.05, 0.1) is 0 Å². The fraction of sp³-hybridized carbons (Fsp3) is 0.143. The molecular formula is C21H21B3O6. The molecule has 0 bridgehead atoms. The van der Waals surface area contributed by atoms with Gasteiger partial charge in [0, 0.05) is 0 Å². The minimum atomic E-state index is -1.08. The van der Waals surface area contributed by atoms with E-state index in [0.717, 1.165) is 16.7 Å². The van der Waals surface area contributed by atoms with Crippen molar-refractivity contribution in [1.29, 1.82) is 0 Å². The quantitative estimate of drug-likeness (QED) is 0.578. The summed E-state index contributed by atoms with van der Waals surface area (Å²) < 4.78 is 34.6. The van der Waals surface area contributed by atoms with Gasteiger partial charge in [-0.2, -0.15) is 0 Å². The second-order valence-electron chi connectivity index (χ2n) is 7.08. The minimum absolute atomic E-state index is 0.602. The smallest absolute Gasteiger partial charge is 0.513 e. The summed E-state index contributed by atoms with van der Waals surface area (Å²) in [5.74, 6) is 1.81. The molecule has 0 spiro atoms. The lowest BCUT2D eigenvalue weighted by Crippen LogP contribution is -2.56. The van der Waals surface area contributed by atoms with Crippen molar-refractivity contribution in [2.45, 2.75) is 20.8 Å². The Kier molecular flexibility index (Phi) is 6.33. The zero-order valence-corrected chi connectivity index (χ0v) is 17.1. The van der Waals surface area contributed by atoms with E-state index in [4.69, 9.17) is 27.7 Å². The van der Waals surface area contributed by atoms with Crippen LogP contribution in [0.4, 0.5) is 0 Å². The molecule has 0 atom stereocenters. The molecule has 0 unspecified atom stereocenters. The lowest BCUT2D eigenvalue weighted by Gasteiger charge is -2.28. The van der Waals surface area contributed by atoms with Crippen LogP contribution >= 0.6 is 0 Å². The highest BCUT2D eigenvalue weighted by Gasteiger charge is 2.50. The molecule has 1 aliphatic rings. The zero-order valence-electron chi connectivity index (χ0n) is 17.1. The second-order valence-corrected chi connectivity index (χ2v) is 7.08. The van der Waals surface area contributed by atoms with Gasteiger partial charge in [-0.15, -0.1) is 0 Å². The Labute approximate surface area is 177 Å². The molecule has 1 aliphatic heterocycles. The van der Waals surface area contributed by atoms with Crippen molar-refractivity contribution >= 4 is 22.0 Å². The third kappa shape index (κ3) is 5.60. The predicted molar refractivity (Wildman–Crippen MR) is 116 cm³/mol. The van der Waals surface area contributed by atoms with Gasteiger partial charge in [-0.3, -0.25) is 0 Å². The molecule has 0 amide bonds. The monoisotopic (exact) mass is 402 g/mol. The van der Waals surface area contributed by atoms with E-state index in [1.54, 1.807) is 0 Å². The van der Waals surface area contributed by atoms with E-state index in [9.17, 15) is 0 Å². The molecular weight excluding hydrogens is 381 g/mol. The Morgan fingerprint density at radius 2 is 0.800 bits per heavy atom. The summed E-state index contributed by atoms with van der Waals surface area (Å²) in [6, 6.07) is 22.7. The van der Waals surface area contributed by atoms with Crippen LogP contribution in [0.3, 0.4) is 0 Å². The van der Waals surface area contributed by atoms with E-state index in [2.05, 4.69) is 0 Å². The van der Waals surface area contributed by atoms with E-state index in [1.165, 1.54) is 0 Å². The Balaban J connectivity index is 1.50. The number of benzene rings is 3. The van der Waals surface area contributed by atoms with Gasteiger partial charge in [-0.25, -0.2) is 0 Å². The molecule has 0 aliphatic carbocycles. The minimum Gasteiger partial charge on any atom is -0.513 e. The molecule has 0 saturated carbocycles. The lowest BCUT2D eigenvalue weighted by atomic mass is 9.96. The van der Waals surface area contributed by atoms with Crippen molar-refractivity contribution in [1.82, 2.24) is 0 Å². The highest BCUT2D eigenvalue weighted by molar-refractivity contribution is 6.67. The van der Waals surface area contributed by atoms with Crippen molar-refractivity contribution in [3.8, 4) is 17.2 Å². The summed E-state index contributed by atoms with van der Waals surface area (Å²) in [6.45, 7) is 5.93. The molecule has 1 heterocycles. The van der Waals surface area contributed by atoms with Crippen LogP contribution in [0, 0.1) is 20.8 Å². The van der Waals surface area contributed by atoms with Crippen LogP contribution < -0.4 is 14.0 Å². The van der Waals surface area contributed by atoms with Gasteiger partial charge in [0.2, 0.25) is 0 Å². The standard InChI is InChI=1S/C21H21B3O6/c1-16-7-4-10-19(13-16)25-22-28-23(26-20-11-5-8-17(2)14-20)30-24(29-22)27-21-12-6-9-18(3)15-21/h4-15H,1-3H3. The van der Waals surface area contributed by atoms with Crippen LogP contribution in [0.15, 0.2) is 72.8 Å². The van der Waals surface area contributed by atoms with Gasteiger partial charge in [-0.1, -0.05) is 36.4 Å². The van der Waals surface area contributed by atoms with Crippen LogP contribution in [-0.4, -0.2) is 22.0 Å². The maximum Gasteiger partial charge on any atom is 0.690 e. The van der Waals surface area contributed by atoms with Gasteiger partial charge in [-0.05, 0) is 73.9 Å². The molecule has 3 aromatic carbocycles. The fourth-order valence-electron chi connectivity index (χ4n) is 2.93. The van der Waals surface area contributed by atoms with Crippen LogP contribution in [0.1, 0.15) is 16.7 Å². The Morgan fingerprint density at radius 3 is 1.07 bits per heavy atom. The molecule has 0 aromatic heterocycles. The van der Waals surface area contributed by atoms with Crippen LogP contribution in [0.2, 0.25) is 0 Å². The molecule has 4 rings (SSSR count). The normalized spacial score (nSPS) is 13.9. The van der Waals surface area contributed by atoms with Crippen molar-refractivity contribution < 1.29 is 27.7 Å². The first kappa shape index (κ1) is 20.4. The Morgan fingerprint density at radius 1 is 0.500 bits per heavy atom. The van der Waals surface area contributed by atoms with Crippen molar-refractivity contribution in [3.63, 3.8) is 0 Å². The van der Waals surface area contributed by atoms with Crippen molar-refractivity contribution in [3.05, 3.63) is 89.5 Å². The first-order chi connectivity index (χ1) is 14.5. The number of rotatable bonds is 6. The number of aryl methyl sites for hydroxylation is 3. The molecule has 1 saturated heterocycles. The highest BCUT2D eigenvalue weighted by atomic mass is 16.9. The summed E-state index contributed by atoms with van der Waals surface area (Å²) in [5, 5.41) is 0. The molecule has 1 fully saturated rings. The summed E-state index contributed by atoms with van der Waals surface area (Å²) in [4.78, 5) is 0. The molecule has 0 N–H and O–H groups in total. The lowest BCUT2D eigenvalue weighted by molar-refractivity contribution is 0.146. The molecule has 3 aromatic rings. The van der Waals surface area contributed by atoms with Crippen LogP contribution in [-0.2, 0) is 13.7 Å². The van der Waals surface area contributed by atoms with Gasteiger partial charge >= 0.3 is 22.0 Å². The van der Waals surface area contributed by atoms with Gasteiger partial charge < -0.3 is 27.7 Å². The van der Waals surface area contributed by atoms with E-state index in [0.29, 0.717) is 17.2 Å². The Bertz CT molecular complexity index is 869. The molecule has 9 heteroatoms. The third-order valence-corrected chi connectivity index (χ3v) is 4.33. The largest absolute Gasteiger partial charge is 0.690 e. The molecule has 0 radical (unpaired) electrons. The third-order valence-electron chi connectivity index (χ3n) is 4.33. The molecule has 150 valence electrons. The summed E-state index contributed by atoms with van der Waals surface area (Å²) >= 11 is 0. The summed E-state index contributed by atoms with van der Waals surface area (Å²) in [5.41, 5.74) is 3.17. The fourth-order valence-corrected chi connectivity index (χ4v) is 2.93. The summed E-state index contributed by atoms with van der Waals surface area (Å²) in [6.07, 6.45) is 0. The topological polar surface area (TPSA) is 55.4 Å². The van der Waals surface area contributed by atoms with Crippen molar-refractivity contribution in [2.75, 3.05) is 0 Å².